The van der Waals surface area contributed by atoms with E-state index in [-0.39, 0.29) is 24.2 Å². The Bertz CT molecular complexity index is 899. The minimum Gasteiger partial charge on any atom is -0.473 e. The Balaban J connectivity index is 1.70. The van der Waals surface area contributed by atoms with Crippen LogP contribution in [0.3, 0.4) is 0 Å². The molecule has 0 N–H and O–H groups in total. The Hall–Kier alpha value is -2.71. The standard InChI is InChI=1S/C22H34N6O3/c1-15-20(31-16-10-8-7-9-11-16)23-12-17(24-15)19-18(28(6)26-25-19)13-30-21(29)27(5)14-22(2,3)4/h12,16H,7-11,13-14H2,1-6H3. The zero-order valence-electron chi connectivity index (χ0n) is 19.5. The maximum absolute atomic E-state index is 12.4. The molecule has 0 saturated heterocycles. The lowest BCUT2D eigenvalue weighted by Crippen LogP contribution is -2.34. The van der Waals surface area contributed by atoms with Crippen molar-refractivity contribution in [3.63, 3.8) is 0 Å². The number of ether oxygens (including phenoxy) is 2. The topological polar surface area (TPSA) is 95.3 Å². The fourth-order valence-corrected chi connectivity index (χ4v) is 3.80. The van der Waals surface area contributed by atoms with Crippen molar-refractivity contribution in [2.24, 2.45) is 12.5 Å². The molecule has 9 heteroatoms. The van der Waals surface area contributed by atoms with Gasteiger partial charge in [-0.1, -0.05) is 32.4 Å². The van der Waals surface area contributed by atoms with Gasteiger partial charge in [-0.15, -0.1) is 5.10 Å². The molecule has 0 radical (unpaired) electrons. The van der Waals surface area contributed by atoms with E-state index in [0.717, 1.165) is 12.8 Å². The van der Waals surface area contributed by atoms with E-state index < -0.39 is 0 Å². The average Bonchev–Trinajstić information content (AvgIpc) is 3.07. The van der Waals surface area contributed by atoms with Crippen molar-refractivity contribution >= 4 is 6.09 Å². The molecule has 3 rings (SSSR count). The number of amides is 1. The highest BCUT2D eigenvalue weighted by atomic mass is 16.6. The van der Waals surface area contributed by atoms with Crippen LogP contribution in [0.25, 0.3) is 11.4 Å². The van der Waals surface area contributed by atoms with Crippen LogP contribution in [0.4, 0.5) is 4.79 Å². The molecule has 0 spiro atoms. The number of aryl methyl sites for hydroxylation is 2. The maximum atomic E-state index is 12.4. The summed E-state index contributed by atoms with van der Waals surface area (Å²) in [4.78, 5) is 23.1. The van der Waals surface area contributed by atoms with Gasteiger partial charge in [-0.3, -0.25) is 0 Å². The fraction of sp³-hybridized carbons (Fsp3) is 0.682. The van der Waals surface area contributed by atoms with Crippen LogP contribution in [0.15, 0.2) is 6.20 Å². The summed E-state index contributed by atoms with van der Waals surface area (Å²) in [6, 6.07) is 0. The number of rotatable bonds is 6. The van der Waals surface area contributed by atoms with E-state index in [1.807, 2.05) is 6.92 Å². The van der Waals surface area contributed by atoms with Crippen molar-refractivity contribution < 1.29 is 14.3 Å². The Kier molecular flexibility index (Phi) is 7.12. The summed E-state index contributed by atoms with van der Waals surface area (Å²) in [6.07, 6.45) is 7.26. The van der Waals surface area contributed by atoms with Gasteiger partial charge < -0.3 is 14.4 Å². The van der Waals surface area contributed by atoms with Crippen molar-refractivity contribution in [1.29, 1.82) is 0 Å². The monoisotopic (exact) mass is 430 g/mol. The van der Waals surface area contributed by atoms with Crippen LogP contribution >= 0.6 is 0 Å². The summed E-state index contributed by atoms with van der Waals surface area (Å²) < 4.78 is 13.2. The lowest BCUT2D eigenvalue weighted by Gasteiger charge is -2.26. The second-order valence-corrected chi connectivity index (χ2v) is 9.50. The normalized spacial score (nSPS) is 15.0. The zero-order valence-corrected chi connectivity index (χ0v) is 19.5. The van der Waals surface area contributed by atoms with E-state index in [4.69, 9.17) is 9.47 Å². The first-order valence-corrected chi connectivity index (χ1v) is 10.9. The highest BCUT2D eigenvalue weighted by Gasteiger charge is 2.22. The summed E-state index contributed by atoms with van der Waals surface area (Å²) in [5, 5.41) is 8.30. The Morgan fingerprint density at radius 1 is 1.26 bits per heavy atom. The van der Waals surface area contributed by atoms with E-state index in [1.165, 1.54) is 19.3 Å². The van der Waals surface area contributed by atoms with Crippen LogP contribution in [0.2, 0.25) is 0 Å². The second-order valence-electron chi connectivity index (χ2n) is 9.50. The lowest BCUT2D eigenvalue weighted by atomic mass is 9.96. The van der Waals surface area contributed by atoms with Gasteiger partial charge in [0.25, 0.3) is 0 Å². The van der Waals surface area contributed by atoms with E-state index in [9.17, 15) is 4.79 Å². The molecule has 1 amide bonds. The molecule has 1 fully saturated rings. The number of hydrogen-bond acceptors (Lipinski definition) is 7. The van der Waals surface area contributed by atoms with E-state index >= 15 is 0 Å². The van der Waals surface area contributed by atoms with Gasteiger partial charge in [0.15, 0.2) is 0 Å². The van der Waals surface area contributed by atoms with Crippen molar-refractivity contribution in [2.45, 2.75) is 72.5 Å². The molecular weight excluding hydrogens is 396 g/mol. The van der Waals surface area contributed by atoms with E-state index in [1.54, 1.807) is 29.9 Å². The van der Waals surface area contributed by atoms with Crippen LogP contribution < -0.4 is 4.74 Å². The minimum absolute atomic E-state index is 0.0123. The first-order chi connectivity index (χ1) is 14.6. The van der Waals surface area contributed by atoms with Gasteiger partial charge in [0.2, 0.25) is 5.88 Å². The van der Waals surface area contributed by atoms with Crippen LogP contribution in [-0.2, 0) is 18.4 Å². The van der Waals surface area contributed by atoms with Gasteiger partial charge in [-0.25, -0.2) is 19.4 Å². The van der Waals surface area contributed by atoms with Crippen LogP contribution in [-0.4, -0.2) is 55.7 Å². The first kappa shape index (κ1) is 23.0. The Morgan fingerprint density at radius 3 is 2.61 bits per heavy atom. The highest BCUT2D eigenvalue weighted by molar-refractivity contribution is 5.67. The molecule has 2 aromatic rings. The third-order valence-corrected chi connectivity index (χ3v) is 5.27. The molecule has 0 bridgehead atoms. The van der Waals surface area contributed by atoms with Gasteiger partial charge in [-0.2, -0.15) is 0 Å². The molecule has 9 nitrogen and oxygen atoms in total. The Labute approximate surface area is 184 Å². The molecule has 1 saturated carbocycles. The SMILES string of the molecule is Cc1nc(-c2nnn(C)c2COC(=O)N(C)CC(C)(C)C)cnc1OC1CCCCC1. The number of aromatic nitrogens is 5. The zero-order chi connectivity index (χ0) is 22.6. The van der Waals surface area contributed by atoms with E-state index in [0.29, 0.717) is 35.2 Å². The number of nitrogens with zero attached hydrogens (tertiary/aromatic N) is 6. The molecule has 31 heavy (non-hydrogen) atoms. The molecule has 0 unspecified atom stereocenters. The highest BCUT2D eigenvalue weighted by Crippen LogP contribution is 2.26. The molecule has 2 aromatic heterocycles. The van der Waals surface area contributed by atoms with Gasteiger partial charge in [-0.05, 0) is 38.0 Å². The summed E-state index contributed by atoms with van der Waals surface area (Å²) >= 11 is 0. The number of carbonyl (C=O) groups excluding carboxylic acids is 1. The summed E-state index contributed by atoms with van der Waals surface area (Å²) in [5.74, 6) is 0.566. The first-order valence-electron chi connectivity index (χ1n) is 10.9. The molecule has 170 valence electrons. The second kappa shape index (κ2) is 9.62. The van der Waals surface area contributed by atoms with Crippen LogP contribution in [0, 0.1) is 12.3 Å². The smallest absolute Gasteiger partial charge is 0.409 e. The van der Waals surface area contributed by atoms with Gasteiger partial charge >= 0.3 is 6.09 Å². The lowest BCUT2D eigenvalue weighted by molar-refractivity contribution is 0.0917. The predicted octanol–water partition coefficient (Wildman–Crippen LogP) is 3.91. The van der Waals surface area contributed by atoms with Gasteiger partial charge in [0.1, 0.15) is 35.5 Å². The van der Waals surface area contributed by atoms with Crippen molar-refractivity contribution in [3.8, 4) is 17.3 Å². The van der Waals surface area contributed by atoms with Crippen LogP contribution in [0.1, 0.15) is 64.3 Å². The number of hydrogen-bond donors (Lipinski definition) is 0. The fourth-order valence-electron chi connectivity index (χ4n) is 3.80. The Morgan fingerprint density at radius 2 is 1.97 bits per heavy atom. The molecule has 2 heterocycles. The van der Waals surface area contributed by atoms with Crippen molar-refractivity contribution in [3.05, 3.63) is 17.6 Å². The molecule has 0 atom stereocenters. The maximum Gasteiger partial charge on any atom is 0.409 e. The number of carbonyl (C=O) groups is 1. The van der Waals surface area contributed by atoms with Crippen LogP contribution in [0.5, 0.6) is 5.88 Å². The van der Waals surface area contributed by atoms with E-state index in [2.05, 4.69) is 41.1 Å². The summed E-state index contributed by atoms with van der Waals surface area (Å²) in [6.45, 7) is 8.74. The predicted molar refractivity (Wildman–Crippen MR) is 117 cm³/mol. The molecule has 1 aliphatic rings. The minimum atomic E-state index is -0.388. The summed E-state index contributed by atoms with van der Waals surface area (Å²) in [7, 11) is 3.50. The third-order valence-electron chi connectivity index (χ3n) is 5.27. The molecule has 0 aliphatic heterocycles. The molecular formula is C22H34N6O3. The van der Waals surface area contributed by atoms with Gasteiger partial charge in [0, 0.05) is 20.6 Å². The van der Waals surface area contributed by atoms with Crippen molar-refractivity contribution in [1.82, 2.24) is 29.9 Å². The van der Waals surface area contributed by atoms with Gasteiger partial charge in [0.05, 0.1) is 6.20 Å². The molecule has 0 aromatic carbocycles. The average molecular weight is 431 g/mol. The molecule has 1 aliphatic carbocycles. The quantitative estimate of drug-likeness (QED) is 0.686. The third kappa shape index (κ3) is 6.15. The van der Waals surface area contributed by atoms with Crippen molar-refractivity contribution in [2.75, 3.05) is 13.6 Å². The largest absolute Gasteiger partial charge is 0.473 e. The summed E-state index contributed by atoms with van der Waals surface area (Å²) in [5.41, 5.74) is 2.49.